The van der Waals surface area contributed by atoms with Gasteiger partial charge in [-0.15, -0.1) is 0 Å². The summed E-state index contributed by atoms with van der Waals surface area (Å²) in [6.07, 6.45) is 3.45. The Labute approximate surface area is 190 Å². The highest BCUT2D eigenvalue weighted by Gasteiger charge is 2.42. The molecule has 1 aromatic carbocycles. The van der Waals surface area contributed by atoms with Gasteiger partial charge in [0, 0.05) is 16.8 Å². The van der Waals surface area contributed by atoms with Crippen molar-refractivity contribution in [3.8, 4) is 11.3 Å². The highest BCUT2D eigenvalue weighted by Crippen LogP contribution is 2.41. The number of aromatic nitrogens is 1. The number of halogens is 1. The SMILES string of the molecule is Cc1ccc(Cl)cc1-c1ccc([C@@H]2[C@@H](c3ccccn3)NC(=S)N2Cc2ccco2)o1. The largest absolute Gasteiger partial charge is 0.467 e. The van der Waals surface area contributed by atoms with E-state index in [1.54, 1.807) is 12.5 Å². The molecule has 156 valence electrons. The van der Waals surface area contributed by atoms with Crippen molar-refractivity contribution in [3.63, 3.8) is 0 Å². The third-order valence-corrected chi connectivity index (χ3v) is 6.07. The molecule has 0 aliphatic carbocycles. The number of nitrogens with one attached hydrogen (secondary N) is 1. The molecule has 1 N–H and O–H groups in total. The molecule has 3 aromatic heterocycles. The Bertz CT molecular complexity index is 1210. The lowest BCUT2D eigenvalue weighted by Crippen LogP contribution is -2.28. The predicted molar refractivity (Wildman–Crippen MR) is 124 cm³/mol. The van der Waals surface area contributed by atoms with Crippen molar-refractivity contribution in [1.29, 1.82) is 0 Å². The predicted octanol–water partition coefficient (Wildman–Crippen LogP) is 6.07. The van der Waals surface area contributed by atoms with Crippen molar-refractivity contribution < 1.29 is 8.83 Å². The van der Waals surface area contributed by atoms with Crippen LogP contribution < -0.4 is 5.32 Å². The van der Waals surface area contributed by atoms with E-state index in [1.165, 1.54) is 0 Å². The van der Waals surface area contributed by atoms with E-state index in [0.29, 0.717) is 16.7 Å². The van der Waals surface area contributed by atoms with Crippen molar-refractivity contribution >= 4 is 28.9 Å². The Morgan fingerprint density at radius 2 is 2.03 bits per heavy atom. The second kappa shape index (κ2) is 8.21. The summed E-state index contributed by atoms with van der Waals surface area (Å²) in [6, 6.07) is 19.1. The van der Waals surface area contributed by atoms with Crippen LogP contribution in [0.2, 0.25) is 5.02 Å². The maximum absolute atomic E-state index is 6.38. The van der Waals surface area contributed by atoms with Crippen molar-refractivity contribution in [3.05, 3.63) is 101 Å². The highest BCUT2D eigenvalue weighted by atomic mass is 35.5. The van der Waals surface area contributed by atoms with Crippen LogP contribution in [-0.2, 0) is 6.54 Å². The second-order valence-corrected chi connectivity index (χ2v) is 8.32. The number of thiocarbonyl (C=S) groups is 1. The number of furan rings is 2. The molecule has 5 rings (SSSR count). The number of pyridine rings is 1. The summed E-state index contributed by atoms with van der Waals surface area (Å²) in [5.74, 6) is 2.39. The van der Waals surface area contributed by atoms with E-state index >= 15 is 0 Å². The molecule has 0 unspecified atom stereocenters. The topological polar surface area (TPSA) is 54.4 Å². The van der Waals surface area contributed by atoms with Gasteiger partial charge in [0.05, 0.1) is 24.5 Å². The van der Waals surface area contributed by atoms with Gasteiger partial charge in [-0.3, -0.25) is 4.98 Å². The van der Waals surface area contributed by atoms with Crippen molar-refractivity contribution in [1.82, 2.24) is 15.2 Å². The van der Waals surface area contributed by atoms with Gasteiger partial charge in [0.15, 0.2) is 5.11 Å². The van der Waals surface area contributed by atoms with Crippen LogP contribution in [0.15, 0.2) is 82.0 Å². The third kappa shape index (κ3) is 3.84. The number of hydrogen-bond donors (Lipinski definition) is 1. The molecule has 4 aromatic rings. The van der Waals surface area contributed by atoms with E-state index < -0.39 is 0 Å². The molecule has 7 heteroatoms. The van der Waals surface area contributed by atoms with Gasteiger partial charge in [-0.05, 0) is 73.2 Å². The summed E-state index contributed by atoms with van der Waals surface area (Å²) < 4.78 is 12.0. The maximum Gasteiger partial charge on any atom is 0.170 e. The Hall–Kier alpha value is -3.09. The standard InChI is InChI=1S/C24H20ClN3O2S/c1-15-7-8-16(25)13-18(15)20-9-10-21(30-20)23-22(19-6-2-3-11-26-19)27-24(31)28(23)14-17-5-4-12-29-17/h2-13,22-23H,14H2,1H3,(H,27,31)/t22-,23-/m1/s1. The molecular weight excluding hydrogens is 430 g/mol. The highest BCUT2D eigenvalue weighted by molar-refractivity contribution is 7.80. The van der Waals surface area contributed by atoms with E-state index in [-0.39, 0.29) is 12.1 Å². The normalized spacial score (nSPS) is 18.4. The van der Waals surface area contributed by atoms with Crippen LogP contribution in [0, 0.1) is 6.92 Å². The third-order valence-electron chi connectivity index (χ3n) is 5.49. The molecule has 0 radical (unpaired) electrons. The van der Waals surface area contributed by atoms with Gasteiger partial charge in [-0.25, -0.2) is 0 Å². The second-order valence-electron chi connectivity index (χ2n) is 7.50. The van der Waals surface area contributed by atoms with Crippen molar-refractivity contribution in [2.75, 3.05) is 0 Å². The van der Waals surface area contributed by atoms with Crippen LogP contribution in [0.5, 0.6) is 0 Å². The van der Waals surface area contributed by atoms with Crippen molar-refractivity contribution in [2.24, 2.45) is 0 Å². The van der Waals surface area contributed by atoms with Crippen LogP contribution >= 0.6 is 23.8 Å². The fourth-order valence-corrected chi connectivity index (χ4v) is 4.45. The minimum absolute atomic E-state index is 0.150. The lowest BCUT2D eigenvalue weighted by molar-refractivity contribution is 0.253. The summed E-state index contributed by atoms with van der Waals surface area (Å²) in [6.45, 7) is 2.57. The molecule has 1 aliphatic heterocycles. The smallest absolute Gasteiger partial charge is 0.170 e. The van der Waals surface area contributed by atoms with Crippen molar-refractivity contribution in [2.45, 2.75) is 25.6 Å². The van der Waals surface area contributed by atoms with Crippen LogP contribution in [-0.4, -0.2) is 15.0 Å². The summed E-state index contributed by atoms with van der Waals surface area (Å²) in [7, 11) is 0. The Morgan fingerprint density at radius 1 is 1.13 bits per heavy atom. The minimum Gasteiger partial charge on any atom is -0.467 e. The average Bonchev–Trinajstić information content (AvgIpc) is 3.52. The number of benzene rings is 1. The molecule has 1 saturated heterocycles. The van der Waals surface area contributed by atoms with E-state index in [4.69, 9.17) is 32.7 Å². The van der Waals surface area contributed by atoms with E-state index in [0.717, 1.165) is 34.1 Å². The van der Waals surface area contributed by atoms with Gasteiger partial charge < -0.3 is 19.1 Å². The van der Waals surface area contributed by atoms with Crippen LogP contribution in [0.3, 0.4) is 0 Å². The first-order chi connectivity index (χ1) is 15.1. The van der Waals surface area contributed by atoms with Crippen LogP contribution in [0.4, 0.5) is 0 Å². The van der Waals surface area contributed by atoms with Gasteiger partial charge in [-0.2, -0.15) is 0 Å². The van der Waals surface area contributed by atoms with Gasteiger partial charge in [0.2, 0.25) is 0 Å². The van der Waals surface area contributed by atoms with Gasteiger partial charge in [0.25, 0.3) is 0 Å². The minimum atomic E-state index is -0.180. The number of rotatable bonds is 5. The van der Waals surface area contributed by atoms with Crippen LogP contribution in [0.25, 0.3) is 11.3 Å². The lowest BCUT2D eigenvalue weighted by Gasteiger charge is -2.25. The molecule has 0 spiro atoms. The Kier molecular flexibility index (Phi) is 5.26. The van der Waals surface area contributed by atoms with Gasteiger partial charge >= 0.3 is 0 Å². The fourth-order valence-electron chi connectivity index (χ4n) is 3.97. The zero-order valence-corrected chi connectivity index (χ0v) is 18.4. The number of nitrogens with zero attached hydrogens (tertiary/aromatic N) is 2. The Morgan fingerprint density at radius 3 is 2.81 bits per heavy atom. The first-order valence-electron chi connectivity index (χ1n) is 9.97. The molecule has 1 aliphatic rings. The maximum atomic E-state index is 6.38. The molecule has 1 fully saturated rings. The van der Waals surface area contributed by atoms with Crippen LogP contribution in [0.1, 0.15) is 34.9 Å². The zero-order valence-electron chi connectivity index (χ0n) is 16.8. The van der Waals surface area contributed by atoms with Gasteiger partial charge in [0.1, 0.15) is 23.3 Å². The molecular formula is C24H20ClN3O2S. The monoisotopic (exact) mass is 449 g/mol. The molecule has 0 saturated carbocycles. The summed E-state index contributed by atoms with van der Waals surface area (Å²) in [5.41, 5.74) is 2.96. The molecule has 0 amide bonds. The number of aryl methyl sites for hydroxylation is 1. The molecule has 2 atom stereocenters. The summed E-state index contributed by atoms with van der Waals surface area (Å²) in [5, 5.41) is 4.73. The molecule has 31 heavy (non-hydrogen) atoms. The van der Waals surface area contributed by atoms with Gasteiger partial charge in [-0.1, -0.05) is 23.7 Å². The molecule has 0 bridgehead atoms. The summed E-state index contributed by atoms with van der Waals surface area (Å²) >= 11 is 11.9. The van der Waals surface area contributed by atoms with E-state index in [9.17, 15) is 0 Å². The molecule has 4 heterocycles. The first kappa shape index (κ1) is 19.8. The van der Waals surface area contributed by atoms with E-state index in [2.05, 4.69) is 15.2 Å². The lowest BCUT2D eigenvalue weighted by atomic mass is 10.0. The molecule has 5 nitrogen and oxygen atoms in total. The first-order valence-corrected chi connectivity index (χ1v) is 10.8. The quantitative estimate of drug-likeness (QED) is 0.373. The zero-order chi connectivity index (χ0) is 21.4. The fraction of sp³-hybridized carbons (Fsp3) is 0.167. The number of hydrogen-bond acceptors (Lipinski definition) is 4. The summed E-state index contributed by atoms with van der Waals surface area (Å²) in [4.78, 5) is 6.65. The Balaban J connectivity index is 1.56. The average molecular weight is 450 g/mol. The van der Waals surface area contributed by atoms with E-state index in [1.807, 2.05) is 67.6 Å².